The molecule has 0 aliphatic carbocycles. The first-order chi connectivity index (χ1) is 7.95. The number of hydrogen-bond acceptors (Lipinski definition) is 5. The Balaban J connectivity index is 0. The quantitative estimate of drug-likeness (QED) is 0.447. The monoisotopic (exact) mass is 247 g/mol. The lowest BCUT2D eigenvalue weighted by Gasteiger charge is -1.85. The van der Waals surface area contributed by atoms with Crippen molar-refractivity contribution >= 4 is 11.8 Å². The molecule has 1 aromatic carbocycles. The van der Waals surface area contributed by atoms with Crippen LogP contribution in [0.3, 0.4) is 0 Å². The van der Waals surface area contributed by atoms with E-state index in [0.717, 1.165) is 0 Å². The lowest BCUT2D eigenvalue weighted by Crippen LogP contribution is -1.85. The van der Waals surface area contributed by atoms with Crippen molar-refractivity contribution in [1.82, 2.24) is 0 Å². The summed E-state index contributed by atoms with van der Waals surface area (Å²) in [4.78, 5) is 18.1. The fourth-order valence-corrected chi connectivity index (χ4v) is 0.550. The zero-order valence-corrected chi connectivity index (χ0v) is 8.76. The van der Waals surface area contributed by atoms with Gasteiger partial charge in [0, 0.05) is 12.1 Å². The van der Waals surface area contributed by atoms with Gasteiger partial charge in [-0.25, -0.2) is 4.79 Å². The van der Waals surface area contributed by atoms with E-state index in [2.05, 4.69) is 0 Å². The van der Waals surface area contributed by atoms with Crippen molar-refractivity contribution in [1.29, 1.82) is 0 Å². The number of aliphatic hydroxyl groups is 2. The molecule has 0 bridgehead atoms. The number of benzene rings is 1. The summed E-state index contributed by atoms with van der Waals surface area (Å²) in [6.07, 6.45) is -1.83. The van der Waals surface area contributed by atoms with Crippen molar-refractivity contribution in [3.63, 3.8) is 0 Å². The molecule has 0 saturated heterocycles. The largest absolute Gasteiger partial charge is 0.503 e. The third kappa shape index (κ3) is 16.5. The molecule has 0 spiro atoms. The van der Waals surface area contributed by atoms with E-state index in [4.69, 9.17) is 25.2 Å². The van der Waals surface area contributed by atoms with Crippen molar-refractivity contribution < 1.29 is 30.1 Å². The number of nitro groups is 1. The summed E-state index contributed by atoms with van der Waals surface area (Å²) in [7, 11) is 0. The van der Waals surface area contributed by atoms with Gasteiger partial charge in [0.1, 0.15) is 0 Å². The smallest absolute Gasteiger partial charge is 0.450 e. The van der Waals surface area contributed by atoms with E-state index >= 15 is 0 Å². The summed E-state index contributed by atoms with van der Waals surface area (Å²) < 4.78 is 0. The number of nitro benzene ring substituents is 1. The molecular weight excluding hydrogens is 234 g/mol. The molecule has 8 heteroatoms. The third-order valence-corrected chi connectivity index (χ3v) is 1.07. The van der Waals surface area contributed by atoms with E-state index < -0.39 is 11.1 Å². The van der Waals surface area contributed by atoms with E-state index in [-0.39, 0.29) is 18.9 Å². The maximum atomic E-state index is 10.0. The molecule has 0 aliphatic rings. The first-order valence-corrected chi connectivity index (χ1v) is 4.28. The summed E-state index contributed by atoms with van der Waals surface area (Å²) in [5.74, 6) is 0. The van der Waals surface area contributed by atoms with Crippen molar-refractivity contribution in [2.45, 2.75) is 0 Å². The van der Waals surface area contributed by atoms with E-state index in [1.165, 1.54) is 12.1 Å². The van der Waals surface area contributed by atoms with Gasteiger partial charge < -0.3 is 20.4 Å². The second-order valence-corrected chi connectivity index (χ2v) is 2.32. The zero-order chi connectivity index (χ0) is 13.7. The van der Waals surface area contributed by atoms with Crippen LogP contribution in [0.5, 0.6) is 0 Å². The third-order valence-electron chi connectivity index (χ3n) is 1.07. The SMILES string of the molecule is O=C(O)O.O=[N+]([O-])c1ccccc1.OCCO. The minimum absolute atomic E-state index is 0.125. The van der Waals surface area contributed by atoms with E-state index in [1.54, 1.807) is 18.2 Å². The molecule has 0 saturated carbocycles. The summed E-state index contributed by atoms with van der Waals surface area (Å²) in [6.45, 7) is -0.250. The number of aliphatic hydroxyl groups excluding tert-OH is 2. The highest BCUT2D eigenvalue weighted by molar-refractivity contribution is 5.53. The van der Waals surface area contributed by atoms with E-state index in [9.17, 15) is 10.1 Å². The predicted octanol–water partition coefficient (Wildman–Crippen LogP) is 0.788. The minimum Gasteiger partial charge on any atom is -0.450 e. The maximum absolute atomic E-state index is 10.0. The molecule has 96 valence electrons. The Morgan fingerprint density at radius 3 is 1.65 bits per heavy atom. The standard InChI is InChI=1S/C6H5NO2.C2H6O2.CH2O3/c8-7(9)6-4-2-1-3-5-6;3-1-2-4;2-1(3)4/h1-5H;3-4H,1-2H2;(H2,2,3,4). The normalized spacial score (nSPS) is 7.88. The van der Waals surface area contributed by atoms with Crippen LogP contribution in [0.15, 0.2) is 30.3 Å². The Hall–Kier alpha value is -2.19. The van der Waals surface area contributed by atoms with Gasteiger partial charge in [-0.05, 0) is 0 Å². The molecule has 17 heavy (non-hydrogen) atoms. The molecule has 0 aromatic heterocycles. The Morgan fingerprint density at radius 1 is 1.12 bits per heavy atom. The fourth-order valence-electron chi connectivity index (χ4n) is 0.550. The molecule has 1 aromatic rings. The lowest BCUT2D eigenvalue weighted by atomic mass is 10.3. The Bertz CT molecular complexity index is 308. The van der Waals surface area contributed by atoms with Crippen LogP contribution in [0.2, 0.25) is 0 Å². The van der Waals surface area contributed by atoms with E-state index in [1.807, 2.05) is 0 Å². The van der Waals surface area contributed by atoms with Crippen LogP contribution in [0.1, 0.15) is 0 Å². The fraction of sp³-hybridized carbons (Fsp3) is 0.222. The number of hydrogen-bond donors (Lipinski definition) is 4. The Morgan fingerprint density at radius 2 is 1.47 bits per heavy atom. The van der Waals surface area contributed by atoms with Gasteiger partial charge in [-0.3, -0.25) is 10.1 Å². The van der Waals surface area contributed by atoms with Crippen LogP contribution < -0.4 is 0 Å². The molecule has 8 nitrogen and oxygen atoms in total. The Kier molecular flexibility index (Phi) is 12.0. The van der Waals surface area contributed by atoms with Gasteiger partial charge >= 0.3 is 6.16 Å². The molecule has 1 rings (SSSR count). The molecular formula is C9H13NO7. The number of rotatable bonds is 2. The summed E-state index contributed by atoms with van der Waals surface area (Å²) in [6, 6.07) is 7.93. The maximum Gasteiger partial charge on any atom is 0.503 e. The number of non-ortho nitro benzene ring substituents is 1. The first-order valence-electron chi connectivity index (χ1n) is 4.28. The van der Waals surface area contributed by atoms with Gasteiger partial charge in [0.05, 0.1) is 18.1 Å². The van der Waals surface area contributed by atoms with Crippen molar-refractivity contribution in [2.24, 2.45) is 0 Å². The molecule has 4 N–H and O–H groups in total. The van der Waals surface area contributed by atoms with Crippen LogP contribution in [0, 0.1) is 10.1 Å². The second-order valence-electron chi connectivity index (χ2n) is 2.32. The lowest BCUT2D eigenvalue weighted by molar-refractivity contribution is -0.384. The molecule has 0 radical (unpaired) electrons. The molecule has 0 unspecified atom stereocenters. The van der Waals surface area contributed by atoms with Gasteiger partial charge in [0.2, 0.25) is 0 Å². The van der Waals surface area contributed by atoms with Crippen LogP contribution in [-0.4, -0.2) is 44.7 Å². The van der Waals surface area contributed by atoms with Crippen LogP contribution >= 0.6 is 0 Å². The van der Waals surface area contributed by atoms with Gasteiger partial charge in [0.15, 0.2) is 0 Å². The van der Waals surface area contributed by atoms with Gasteiger partial charge in [0.25, 0.3) is 5.69 Å². The first kappa shape index (κ1) is 17.2. The number of para-hydroxylation sites is 1. The number of nitrogens with zero attached hydrogens (tertiary/aromatic N) is 1. The molecule has 0 atom stereocenters. The van der Waals surface area contributed by atoms with E-state index in [0.29, 0.717) is 0 Å². The molecule has 0 heterocycles. The molecule has 0 aliphatic heterocycles. The van der Waals surface area contributed by atoms with Gasteiger partial charge in [-0.15, -0.1) is 0 Å². The highest BCUT2D eigenvalue weighted by Gasteiger charge is 1.98. The summed E-state index contributed by atoms with van der Waals surface area (Å²) in [5, 5.41) is 39.2. The molecule has 0 amide bonds. The predicted molar refractivity (Wildman–Crippen MR) is 57.9 cm³/mol. The summed E-state index contributed by atoms with van der Waals surface area (Å²) in [5.41, 5.74) is 0.137. The van der Waals surface area contributed by atoms with Crippen molar-refractivity contribution in [2.75, 3.05) is 13.2 Å². The number of carbonyl (C=O) groups is 1. The van der Waals surface area contributed by atoms with Gasteiger partial charge in [-0.1, -0.05) is 18.2 Å². The highest BCUT2D eigenvalue weighted by atomic mass is 16.6. The topological polar surface area (TPSA) is 141 Å². The highest BCUT2D eigenvalue weighted by Crippen LogP contribution is 2.06. The van der Waals surface area contributed by atoms with Crippen LogP contribution in [0.25, 0.3) is 0 Å². The van der Waals surface area contributed by atoms with Crippen LogP contribution in [0.4, 0.5) is 10.5 Å². The van der Waals surface area contributed by atoms with Crippen molar-refractivity contribution in [3.05, 3.63) is 40.4 Å². The zero-order valence-electron chi connectivity index (χ0n) is 8.76. The minimum atomic E-state index is -1.83. The van der Waals surface area contributed by atoms with Crippen molar-refractivity contribution in [3.8, 4) is 0 Å². The average Bonchev–Trinajstić information content (AvgIpc) is 2.30. The van der Waals surface area contributed by atoms with Gasteiger partial charge in [-0.2, -0.15) is 0 Å². The van der Waals surface area contributed by atoms with Crippen LogP contribution in [-0.2, 0) is 0 Å². The average molecular weight is 247 g/mol. The second kappa shape index (κ2) is 11.9. The number of carboxylic acid groups (broad SMARTS) is 2. The Labute approximate surface area is 96.5 Å². The summed E-state index contributed by atoms with van der Waals surface area (Å²) >= 11 is 0. The molecule has 0 fully saturated rings.